The van der Waals surface area contributed by atoms with E-state index in [2.05, 4.69) is 9.97 Å². The van der Waals surface area contributed by atoms with Crippen molar-refractivity contribution in [1.82, 2.24) is 9.97 Å². The van der Waals surface area contributed by atoms with Crippen LogP contribution in [0.1, 0.15) is 17.5 Å². The number of nitrogens with one attached hydrogen (secondary N) is 1. The molecular formula is C12H10Cl2N2OS. The summed E-state index contributed by atoms with van der Waals surface area (Å²) in [6.07, 6.45) is 3.59. The Hall–Kier alpha value is -0.680. The van der Waals surface area contributed by atoms with Crippen LogP contribution in [-0.2, 0) is 6.42 Å². The molecule has 0 aliphatic carbocycles. The Labute approximate surface area is 119 Å². The van der Waals surface area contributed by atoms with Gasteiger partial charge in [0.2, 0.25) is 0 Å². The second-order valence-corrected chi connectivity index (χ2v) is 6.24. The van der Waals surface area contributed by atoms with Crippen LogP contribution in [0.5, 0.6) is 0 Å². The second kappa shape index (κ2) is 4.78. The molecular weight excluding hydrogens is 291 g/mol. The SMILES string of the molecule is O[C@H]1c2cc(Cl)cc(Cl)c2S[C@H]1Cc1ncc[nH]1. The molecule has 0 saturated carbocycles. The molecule has 94 valence electrons. The maximum atomic E-state index is 10.3. The van der Waals surface area contributed by atoms with Gasteiger partial charge in [-0.1, -0.05) is 23.2 Å². The van der Waals surface area contributed by atoms with E-state index in [-0.39, 0.29) is 5.25 Å². The molecule has 6 heteroatoms. The summed E-state index contributed by atoms with van der Waals surface area (Å²) in [5.74, 6) is 0.863. The number of benzene rings is 1. The van der Waals surface area contributed by atoms with E-state index in [9.17, 15) is 5.11 Å². The molecule has 0 spiro atoms. The van der Waals surface area contributed by atoms with Gasteiger partial charge in [-0.05, 0) is 17.7 Å². The summed E-state index contributed by atoms with van der Waals surface area (Å²) in [4.78, 5) is 8.14. The molecule has 0 unspecified atom stereocenters. The zero-order valence-electron chi connectivity index (χ0n) is 9.23. The predicted octanol–water partition coefficient (Wildman–Crippen LogP) is 3.47. The Morgan fingerprint density at radius 1 is 1.39 bits per heavy atom. The third-order valence-corrected chi connectivity index (χ3v) is 4.97. The maximum absolute atomic E-state index is 10.3. The summed E-state index contributed by atoms with van der Waals surface area (Å²) in [7, 11) is 0. The van der Waals surface area contributed by atoms with Crippen LogP contribution in [0.2, 0.25) is 10.0 Å². The van der Waals surface area contributed by atoms with Gasteiger partial charge in [0.1, 0.15) is 5.82 Å². The number of hydrogen-bond acceptors (Lipinski definition) is 3. The third-order valence-electron chi connectivity index (χ3n) is 2.93. The van der Waals surface area contributed by atoms with Crippen LogP contribution in [0.25, 0.3) is 0 Å². The molecule has 2 aromatic rings. The molecule has 3 nitrogen and oxygen atoms in total. The fourth-order valence-electron chi connectivity index (χ4n) is 2.09. The average Bonchev–Trinajstić information content (AvgIpc) is 2.91. The van der Waals surface area contributed by atoms with E-state index < -0.39 is 6.10 Å². The number of aliphatic hydroxyl groups is 1. The van der Waals surface area contributed by atoms with E-state index in [1.54, 1.807) is 36.3 Å². The van der Waals surface area contributed by atoms with Gasteiger partial charge in [0.15, 0.2) is 0 Å². The number of H-pyrrole nitrogens is 1. The molecule has 2 atom stereocenters. The summed E-state index contributed by atoms with van der Waals surface area (Å²) in [6, 6.07) is 3.49. The quantitative estimate of drug-likeness (QED) is 0.893. The first-order valence-corrected chi connectivity index (χ1v) is 7.10. The van der Waals surface area contributed by atoms with Crippen molar-refractivity contribution in [3.63, 3.8) is 0 Å². The predicted molar refractivity (Wildman–Crippen MR) is 73.4 cm³/mol. The van der Waals surface area contributed by atoms with Crippen LogP contribution in [-0.4, -0.2) is 20.3 Å². The zero-order valence-corrected chi connectivity index (χ0v) is 11.6. The van der Waals surface area contributed by atoms with E-state index in [4.69, 9.17) is 23.2 Å². The molecule has 0 radical (unpaired) electrons. The number of nitrogens with zero attached hydrogens (tertiary/aromatic N) is 1. The molecule has 1 aromatic carbocycles. The molecule has 3 rings (SSSR count). The molecule has 1 aliphatic rings. The van der Waals surface area contributed by atoms with Gasteiger partial charge in [0, 0.05) is 34.0 Å². The first-order valence-electron chi connectivity index (χ1n) is 5.47. The van der Waals surface area contributed by atoms with Crippen molar-refractivity contribution >= 4 is 35.0 Å². The average molecular weight is 301 g/mol. The number of halogens is 2. The lowest BCUT2D eigenvalue weighted by Gasteiger charge is -2.12. The Morgan fingerprint density at radius 2 is 2.22 bits per heavy atom. The fraction of sp³-hybridized carbons (Fsp3) is 0.250. The smallest absolute Gasteiger partial charge is 0.107 e. The standard InChI is InChI=1S/C12H10Cl2N2OS/c13-6-3-7-11(17)9(5-10-15-1-2-16-10)18-12(7)8(14)4-6/h1-4,9,11,17H,5H2,(H,15,16)/t9-,11-/m0/s1. The number of rotatable bonds is 2. The van der Waals surface area contributed by atoms with Crippen molar-refractivity contribution < 1.29 is 5.11 Å². The number of imidazole rings is 1. The van der Waals surface area contributed by atoms with E-state index in [1.165, 1.54) is 0 Å². The summed E-state index contributed by atoms with van der Waals surface area (Å²) in [5, 5.41) is 11.5. The molecule has 2 heterocycles. The van der Waals surface area contributed by atoms with Crippen molar-refractivity contribution in [2.24, 2.45) is 0 Å². The molecule has 0 bridgehead atoms. The van der Waals surface area contributed by atoms with Gasteiger partial charge in [-0.3, -0.25) is 0 Å². The molecule has 0 fully saturated rings. The van der Waals surface area contributed by atoms with Crippen molar-refractivity contribution in [2.45, 2.75) is 22.7 Å². The Balaban J connectivity index is 1.89. The van der Waals surface area contributed by atoms with Crippen LogP contribution in [0.3, 0.4) is 0 Å². The highest BCUT2D eigenvalue weighted by molar-refractivity contribution is 8.00. The Morgan fingerprint density at radius 3 is 2.94 bits per heavy atom. The van der Waals surface area contributed by atoms with Crippen molar-refractivity contribution in [3.05, 3.63) is 46.0 Å². The van der Waals surface area contributed by atoms with Crippen molar-refractivity contribution in [2.75, 3.05) is 0 Å². The number of hydrogen-bond donors (Lipinski definition) is 2. The number of aliphatic hydroxyl groups excluding tert-OH is 1. The summed E-state index contributed by atoms with van der Waals surface area (Å²) in [5.41, 5.74) is 0.814. The molecule has 1 aliphatic heterocycles. The minimum absolute atomic E-state index is 0.0158. The number of thioether (sulfide) groups is 1. The zero-order chi connectivity index (χ0) is 12.7. The van der Waals surface area contributed by atoms with Gasteiger partial charge in [0.05, 0.1) is 11.1 Å². The number of aromatic amines is 1. The minimum atomic E-state index is -0.564. The lowest BCUT2D eigenvalue weighted by molar-refractivity contribution is 0.175. The number of fused-ring (bicyclic) bond motifs is 1. The molecule has 0 amide bonds. The Kier molecular flexibility index (Phi) is 3.28. The first-order chi connectivity index (χ1) is 8.65. The van der Waals surface area contributed by atoms with Crippen LogP contribution in [0, 0.1) is 0 Å². The van der Waals surface area contributed by atoms with E-state index in [1.807, 2.05) is 0 Å². The summed E-state index contributed by atoms with van der Waals surface area (Å²) >= 11 is 13.7. The third kappa shape index (κ3) is 2.14. The van der Waals surface area contributed by atoms with Crippen LogP contribution in [0.15, 0.2) is 29.4 Å². The fourth-order valence-corrected chi connectivity index (χ4v) is 4.04. The van der Waals surface area contributed by atoms with Gasteiger partial charge in [0.25, 0.3) is 0 Å². The van der Waals surface area contributed by atoms with E-state index in [0.29, 0.717) is 16.5 Å². The topological polar surface area (TPSA) is 48.9 Å². The molecule has 2 N–H and O–H groups in total. The highest BCUT2D eigenvalue weighted by Gasteiger charge is 2.34. The lowest BCUT2D eigenvalue weighted by atomic mass is 10.0. The van der Waals surface area contributed by atoms with E-state index >= 15 is 0 Å². The maximum Gasteiger partial charge on any atom is 0.107 e. The van der Waals surface area contributed by atoms with Crippen molar-refractivity contribution in [3.8, 4) is 0 Å². The van der Waals surface area contributed by atoms with E-state index in [0.717, 1.165) is 16.3 Å². The molecule has 18 heavy (non-hydrogen) atoms. The monoisotopic (exact) mass is 300 g/mol. The second-order valence-electron chi connectivity index (χ2n) is 4.15. The van der Waals surface area contributed by atoms with Gasteiger partial charge < -0.3 is 10.1 Å². The highest BCUT2D eigenvalue weighted by atomic mass is 35.5. The molecule has 1 aromatic heterocycles. The summed E-state index contributed by atoms with van der Waals surface area (Å²) < 4.78 is 0. The largest absolute Gasteiger partial charge is 0.387 e. The van der Waals surface area contributed by atoms with Crippen LogP contribution < -0.4 is 0 Å². The lowest BCUT2D eigenvalue weighted by Crippen LogP contribution is -2.13. The molecule has 0 saturated heterocycles. The Bertz CT molecular complexity index is 574. The van der Waals surface area contributed by atoms with Gasteiger partial charge in [-0.15, -0.1) is 11.8 Å². The normalized spacial score (nSPS) is 22.2. The highest BCUT2D eigenvalue weighted by Crippen LogP contribution is 2.49. The van der Waals surface area contributed by atoms with Gasteiger partial charge in [-0.2, -0.15) is 0 Å². The van der Waals surface area contributed by atoms with Gasteiger partial charge in [-0.25, -0.2) is 4.98 Å². The van der Waals surface area contributed by atoms with Crippen molar-refractivity contribution in [1.29, 1.82) is 0 Å². The summed E-state index contributed by atoms with van der Waals surface area (Å²) in [6.45, 7) is 0. The number of aromatic nitrogens is 2. The van der Waals surface area contributed by atoms with Crippen LogP contribution >= 0.6 is 35.0 Å². The minimum Gasteiger partial charge on any atom is -0.387 e. The first kappa shape index (κ1) is 12.4. The van der Waals surface area contributed by atoms with Gasteiger partial charge >= 0.3 is 0 Å². The van der Waals surface area contributed by atoms with Crippen LogP contribution in [0.4, 0.5) is 0 Å².